The molecule has 0 saturated carbocycles. The third-order valence-electron chi connectivity index (χ3n) is 1.89. The SMILES string of the molecule is COCS(=O)(=O)NOC(=O)N1CCCC1. The van der Waals surface area contributed by atoms with Crippen molar-refractivity contribution in [1.82, 2.24) is 9.79 Å². The number of carbonyl (C=O) groups is 1. The average molecular weight is 238 g/mol. The lowest BCUT2D eigenvalue weighted by atomic mass is 10.4. The van der Waals surface area contributed by atoms with Gasteiger partial charge in [0.05, 0.1) is 0 Å². The average Bonchev–Trinajstić information content (AvgIpc) is 2.67. The number of ether oxygens (including phenoxy) is 1. The molecule has 1 saturated heterocycles. The Hall–Kier alpha value is -0.860. The summed E-state index contributed by atoms with van der Waals surface area (Å²) in [7, 11) is -2.46. The smallest absolute Gasteiger partial charge is 0.367 e. The van der Waals surface area contributed by atoms with Crippen molar-refractivity contribution in [3.63, 3.8) is 0 Å². The molecule has 1 amide bonds. The quantitative estimate of drug-likeness (QED) is 0.677. The molecule has 1 rings (SSSR count). The minimum atomic E-state index is -3.70. The van der Waals surface area contributed by atoms with Crippen molar-refractivity contribution >= 4 is 16.1 Å². The fraction of sp³-hybridized carbons (Fsp3) is 0.857. The number of methoxy groups -OCH3 is 1. The van der Waals surface area contributed by atoms with Gasteiger partial charge in [-0.25, -0.2) is 13.2 Å². The molecule has 8 heteroatoms. The van der Waals surface area contributed by atoms with Crippen LogP contribution in [0.4, 0.5) is 4.79 Å². The number of sulfonamides is 1. The van der Waals surface area contributed by atoms with E-state index in [0.29, 0.717) is 13.1 Å². The molecule has 0 aliphatic carbocycles. The first-order chi connectivity index (χ1) is 7.05. The molecule has 1 N–H and O–H groups in total. The number of hydrogen-bond donors (Lipinski definition) is 1. The Morgan fingerprint density at radius 3 is 2.53 bits per heavy atom. The fourth-order valence-corrected chi connectivity index (χ4v) is 1.80. The highest BCUT2D eigenvalue weighted by Gasteiger charge is 2.21. The molecule has 1 aliphatic heterocycles. The standard InChI is InChI=1S/C7H14N2O5S/c1-13-6-15(11,12)8-14-7(10)9-4-2-3-5-9/h8H,2-6H2,1H3. The van der Waals surface area contributed by atoms with Crippen LogP contribution in [0.3, 0.4) is 0 Å². The highest BCUT2D eigenvalue weighted by molar-refractivity contribution is 7.89. The minimum Gasteiger partial charge on any atom is -0.367 e. The molecule has 1 heterocycles. The molecule has 0 aromatic heterocycles. The molecule has 1 aliphatic rings. The summed E-state index contributed by atoms with van der Waals surface area (Å²) in [5.41, 5.74) is 0. The van der Waals surface area contributed by atoms with E-state index in [2.05, 4.69) is 9.57 Å². The van der Waals surface area contributed by atoms with Crippen LogP contribution in [0.2, 0.25) is 0 Å². The van der Waals surface area contributed by atoms with E-state index in [0.717, 1.165) is 12.8 Å². The second-order valence-electron chi connectivity index (χ2n) is 3.17. The lowest BCUT2D eigenvalue weighted by Gasteiger charge is -2.14. The van der Waals surface area contributed by atoms with Crippen LogP contribution in [0.5, 0.6) is 0 Å². The van der Waals surface area contributed by atoms with Gasteiger partial charge >= 0.3 is 6.09 Å². The van der Waals surface area contributed by atoms with Crippen molar-refractivity contribution < 1.29 is 22.8 Å². The van der Waals surface area contributed by atoms with Crippen molar-refractivity contribution in [2.24, 2.45) is 0 Å². The van der Waals surface area contributed by atoms with Crippen LogP contribution >= 0.6 is 0 Å². The molecule has 0 atom stereocenters. The zero-order valence-electron chi connectivity index (χ0n) is 8.43. The van der Waals surface area contributed by atoms with Crippen LogP contribution in [0, 0.1) is 0 Å². The molecule has 0 bridgehead atoms. The van der Waals surface area contributed by atoms with Crippen LogP contribution < -0.4 is 4.89 Å². The largest absolute Gasteiger partial charge is 0.429 e. The van der Waals surface area contributed by atoms with E-state index in [-0.39, 0.29) is 0 Å². The molecule has 0 spiro atoms. The Balaban J connectivity index is 2.33. The number of likely N-dealkylation sites (tertiary alicyclic amines) is 1. The summed E-state index contributed by atoms with van der Waals surface area (Å²) in [6, 6.07) is 0. The van der Waals surface area contributed by atoms with Gasteiger partial charge in [0, 0.05) is 20.2 Å². The molecular weight excluding hydrogens is 224 g/mol. The number of rotatable bonds is 4. The van der Waals surface area contributed by atoms with Crippen LogP contribution in [-0.4, -0.2) is 45.5 Å². The first-order valence-electron chi connectivity index (χ1n) is 4.49. The molecule has 7 nitrogen and oxygen atoms in total. The van der Waals surface area contributed by atoms with Gasteiger partial charge in [-0.3, -0.25) is 0 Å². The Bertz CT molecular complexity index is 309. The van der Waals surface area contributed by atoms with Crippen LogP contribution in [0.25, 0.3) is 0 Å². The maximum absolute atomic E-state index is 11.2. The fourth-order valence-electron chi connectivity index (χ4n) is 1.24. The molecule has 88 valence electrons. The monoisotopic (exact) mass is 238 g/mol. The maximum Gasteiger partial charge on any atom is 0.429 e. The van der Waals surface area contributed by atoms with Crippen molar-refractivity contribution in [3.05, 3.63) is 0 Å². The number of carbonyl (C=O) groups excluding carboxylic acids is 1. The Labute approximate surface area is 88.3 Å². The summed E-state index contributed by atoms with van der Waals surface area (Å²) in [5, 5.41) is 0. The van der Waals surface area contributed by atoms with E-state index in [9.17, 15) is 13.2 Å². The van der Waals surface area contributed by atoms with Crippen molar-refractivity contribution in [2.45, 2.75) is 12.8 Å². The van der Waals surface area contributed by atoms with E-state index in [1.165, 1.54) is 12.0 Å². The molecule has 0 unspecified atom stereocenters. The second-order valence-corrected chi connectivity index (χ2v) is 4.80. The number of amides is 1. The number of nitrogens with zero attached hydrogens (tertiary/aromatic N) is 1. The summed E-state index contributed by atoms with van der Waals surface area (Å²) < 4.78 is 26.4. The van der Waals surface area contributed by atoms with Crippen LogP contribution in [0.15, 0.2) is 0 Å². The van der Waals surface area contributed by atoms with Gasteiger partial charge < -0.3 is 14.5 Å². The topological polar surface area (TPSA) is 84.9 Å². The summed E-state index contributed by atoms with van der Waals surface area (Å²) in [4.78, 5) is 18.8. The third-order valence-corrected chi connectivity index (χ3v) is 2.78. The van der Waals surface area contributed by atoms with Gasteiger partial charge in [-0.05, 0) is 17.7 Å². The zero-order valence-corrected chi connectivity index (χ0v) is 9.25. The normalized spacial score (nSPS) is 16.7. The highest BCUT2D eigenvalue weighted by Crippen LogP contribution is 2.08. The second kappa shape index (κ2) is 5.29. The van der Waals surface area contributed by atoms with Crippen LogP contribution in [-0.2, 0) is 19.6 Å². The molecule has 0 aromatic rings. The summed E-state index contributed by atoms with van der Waals surface area (Å²) in [6.07, 6.45) is 1.16. The van der Waals surface area contributed by atoms with E-state index in [1.54, 1.807) is 4.89 Å². The van der Waals surface area contributed by atoms with Gasteiger partial charge in [0.15, 0.2) is 5.94 Å². The van der Waals surface area contributed by atoms with Gasteiger partial charge in [-0.1, -0.05) is 0 Å². The van der Waals surface area contributed by atoms with E-state index in [4.69, 9.17) is 0 Å². The van der Waals surface area contributed by atoms with E-state index in [1.807, 2.05) is 0 Å². The van der Waals surface area contributed by atoms with Gasteiger partial charge in [0.25, 0.3) is 10.0 Å². The van der Waals surface area contributed by atoms with Crippen LogP contribution in [0.1, 0.15) is 12.8 Å². The Morgan fingerprint density at radius 2 is 2.00 bits per heavy atom. The van der Waals surface area contributed by atoms with Gasteiger partial charge in [0.1, 0.15) is 0 Å². The summed E-state index contributed by atoms with van der Waals surface area (Å²) in [5.74, 6) is -0.541. The maximum atomic E-state index is 11.2. The molecule has 15 heavy (non-hydrogen) atoms. The van der Waals surface area contributed by atoms with E-state index < -0.39 is 22.1 Å². The summed E-state index contributed by atoms with van der Waals surface area (Å²) in [6.45, 7) is 1.20. The van der Waals surface area contributed by atoms with Gasteiger partial charge in [-0.2, -0.15) is 0 Å². The first kappa shape index (κ1) is 12.2. The Kier molecular flexibility index (Phi) is 4.30. The highest BCUT2D eigenvalue weighted by atomic mass is 32.2. The first-order valence-corrected chi connectivity index (χ1v) is 6.14. The Morgan fingerprint density at radius 1 is 1.40 bits per heavy atom. The minimum absolute atomic E-state index is 0.541. The molecule has 1 fully saturated rings. The predicted octanol–water partition coefficient (Wildman–Crippen LogP) is -0.343. The van der Waals surface area contributed by atoms with Gasteiger partial charge in [-0.15, -0.1) is 0 Å². The number of nitrogens with one attached hydrogen (secondary N) is 1. The lowest BCUT2D eigenvalue weighted by Crippen LogP contribution is -2.36. The third kappa shape index (κ3) is 4.02. The van der Waals surface area contributed by atoms with Gasteiger partial charge in [0.2, 0.25) is 0 Å². The molecular formula is C7H14N2O5S. The number of hydrogen-bond acceptors (Lipinski definition) is 5. The van der Waals surface area contributed by atoms with Crippen molar-refractivity contribution in [1.29, 1.82) is 0 Å². The molecule has 0 radical (unpaired) electrons. The van der Waals surface area contributed by atoms with Crippen molar-refractivity contribution in [3.8, 4) is 0 Å². The van der Waals surface area contributed by atoms with Crippen molar-refractivity contribution in [2.75, 3.05) is 26.1 Å². The molecule has 0 aromatic carbocycles. The zero-order chi connectivity index (χ0) is 11.3. The summed E-state index contributed by atoms with van der Waals surface area (Å²) >= 11 is 0. The van der Waals surface area contributed by atoms with E-state index >= 15 is 0 Å². The lowest BCUT2D eigenvalue weighted by molar-refractivity contribution is 0.0892. The predicted molar refractivity (Wildman–Crippen MR) is 51.2 cm³/mol.